The maximum Gasteiger partial charge on any atom is 0.310 e. The fourth-order valence-corrected chi connectivity index (χ4v) is 21.3. The lowest BCUT2D eigenvalue weighted by molar-refractivity contribution is -0.368. The van der Waals surface area contributed by atoms with E-state index in [1.807, 2.05) is 0 Å². The van der Waals surface area contributed by atoms with E-state index in [0.717, 1.165) is 30.3 Å². The van der Waals surface area contributed by atoms with Gasteiger partial charge in [0.1, 0.15) is 81.5 Å². The lowest BCUT2D eigenvalue weighted by Crippen LogP contribution is -2.62. The first-order chi connectivity index (χ1) is 78.2. The third kappa shape index (κ3) is 16.1. The third-order valence-corrected chi connectivity index (χ3v) is 28.3. The molecule has 6 aromatic carbocycles. The predicted octanol–water partition coefficient (Wildman–Crippen LogP) is 8.26. The molecular formula is C96H96O39S3. The predicted molar refractivity (Wildman–Crippen MR) is 468 cm³/mol. The number of hydrogen-bond acceptors (Lipinski definition) is 42. The van der Waals surface area contributed by atoms with Gasteiger partial charge < -0.3 is 174 Å². The SMILES string of the molecule is [2H]C([2H])([2H])Oc1cc([C@@H]2c3cc4c(cc3[C@@H](O[C@@H]3O[C@H]5[C@@H](O[C@H](c6cccs6)OC5([2H])[2H])[C@H](O)[C@H]3O)[C@@H]3[C@@H]2C(=O)OC3([2H])[2H])OC([2H])([2H])O4)cc(OC([2H])([2H])[2H])c1O.[2H]C([2H])([2H])Oc1cc([C@]2([2H])c3cc4c(cc3[C@@H](O[C@@H]3O[C@H]5[C@@H](O[C@H](c6cccs6)OC5([2H])[2H])[C@H](O)[C@H]3O)[C@H]3COC(=O)[C@@H]32)OC([2H])([2H])O4)cc(OC([2H])([2H])[2H])c1O.[2H]C1([2H])Oc2cc3c(cc2O1)[C@@]([2H])(c1cc(OC)c(O)c(OC)c1)[C@H]1C(=O)OC([2H])([2H])[C@@H]1[C@@H]3O[C@@H]1O[C@H]2[C@@H](O[C@H](c3cccs3)OC2([2H])[2H])[C@H](O)[C@H]1O. The molecule has 42 heteroatoms. The van der Waals surface area contributed by atoms with Gasteiger partial charge in [0, 0.05) is 38.2 Å². The van der Waals surface area contributed by atoms with Gasteiger partial charge in [-0.2, -0.15) is 0 Å². The van der Waals surface area contributed by atoms with E-state index in [4.69, 9.17) is 166 Å². The molecule has 9 saturated heterocycles. The molecule has 0 spiro atoms. The second kappa shape index (κ2) is 37.6. The van der Waals surface area contributed by atoms with Crippen molar-refractivity contribution in [1.82, 2.24) is 0 Å². The Balaban J connectivity index is 0.000000139. The molecule has 15 aliphatic rings. The van der Waals surface area contributed by atoms with Crippen LogP contribution in [0.2, 0.25) is 0 Å². The third-order valence-electron chi connectivity index (χ3n) is 25.6. The summed E-state index contributed by atoms with van der Waals surface area (Å²) in [7, 11) is -10.3. The fourth-order valence-electron chi connectivity index (χ4n) is 19.2. The highest BCUT2D eigenvalue weighted by Crippen LogP contribution is 2.63. The van der Waals surface area contributed by atoms with Crippen LogP contribution in [0.25, 0.3) is 0 Å². The molecule has 30 atom stereocenters. The van der Waals surface area contributed by atoms with Crippen LogP contribution < -0.4 is 56.8 Å². The number of aliphatic hydroxyl groups is 6. The number of aliphatic hydroxyl groups excluding tert-OH is 6. The van der Waals surface area contributed by atoms with Gasteiger partial charge in [-0.1, -0.05) is 18.2 Å². The largest absolute Gasteiger partial charge is 0.502 e. The zero-order valence-corrected chi connectivity index (χ0v) is 72.9. The van der Waals surface area contributed by atoms with Crippen LogP contribution in [0.3, 0.4) is 0 Å². The summed E-state index contributed by atoms with van der Waals surface area (Å²) in [6, 6.07) is 23.5. The summed E-state index contributed by atoms with van der Waals surface area (Å²) in [5, 5.41) is 106. The van der Waals surface area contributed by atoms with E-state index in [2.05, 4.69) is 0 Å². The highest BCUT2D eigenvalue weighted by atomic mass is 32.1. The minimum atomic E-state index is -3.21. The van der Waals surface area contributed by atoms with Crippen molar-refractivity contribution in [2.75, 3.05) is 102 Å². The van der Waals surface area contributed by atoms with Crippen LogP contribution in [0.15, 0.2) is 125 Å². The maximum atomic E-state index is 13.9. The van der Waals surface area contributed by atoms with E-state index in [0.29, 0.717) is 14.6 Å². The Morgan fingerprint density at radius 3 is 1.02 bits per heavy atom. The molecule has 9 fully saturated rings. The number of carbonyl (C=O) groups excluding carboxylic acids is 3. The Kier molecular flexibility index (Phi) is 17.4. The molecule has 12 aliphatic heterocycles. The normalized spacial score (nSPS) is 41.9. The number of methoxy groups -OCH3 is 6. The molecule has 0 bridgehead atoms. The monoisotopic (exact) mass is 2000 g/mol. The number of fused-ring (bicyclic) bond motifs is 12. The molecule has 9 N–H and O–H groups in total. The Bertz CT molecular complexity index is 7380. The van der Waals surface area contributed by atoms with Crippen LogP contribution in [0, 0.1) is 35.5 Å². The number of phenolic OH excluding ortho intramolecular Hbond substituents is 3. The number of aromatic hydroxyl groups is 3. The van der Waals surface area contributed by atoms with Gasteiger partial charge in [0.25, 0.3) is 0 Å². The van der Waals surface area contributed by atoms with Gasteiger partial charge in [-0.25, -0.2) is 0 Å². The standard InChI is InChI=1S/3C32H32O13S/c3*1-37-19-6-13(7-20(38-2)25(19)33)23-14-8-17-18(42-12-41-17)9-15(14)28(16-10-39-30(36)24(16)23)44-32-27(35)26(34)29-21(43-32)11-40-31(45-29)22-4-3-5-46-22/h3*3-9,16,21,23-24,26-29,31-35H,10-12H2,1-2H3/t3*16-,21+,23+,24-,26+,27+,28+,29+,31+,32-/m000/s1/i1D3,2D3,11D2,12D2,23D;1D3,2D3,10D2,11D2,12D2;10D2,11D2,12D2,23D. The zero-order chi connectivity index (χ0) is 121. The Hall–Kier alpha value is -10.9. The highest BCUT2D eigenvalue weighted by Gasteiger charge is 2.62. The number of rotatable bonds is 18. The van der Waals surface area contributed by atoms with Crippen molar-refractivity contribution < 1.29 is 229 Å². The number of ether oxygens (including phenoxy) is 27. The summed E-state index contributed by atoms with van der Waals surface area (Å²) in [4.78, 5) is 42.9. The van der Waals surface area contributed by atoms with E-state index in [9.17, 15) is 63.1 Å². The molecule has 138 heavy (non-hydrogen) atoms. The van der Waals surface area contributed by atoms with Crippen molar-refractivity contribution in [3.63, 3.8) is 0 Å². The number of hydrogen-bond donors (Lipinski definition) is 9. The molecule has 0 radical (unpaired) electrons. The van der Waals surface area contributed by atoms with Gasteiger partial charge in [0.2, 0.25) is 37.5 Å². The fraction of sp³-hybridized carbons (Fsp3) is 0.469. The topological polar surface area (TPSA) is 482 Å². The van der Waals surface area contributed by atoms with Crippen molar-refractivity contribution in [1.29, 1.82) is 0 Å². The summed E-state index contributed by atoms with van der Waals surface area (Å²) in [6.45, 7) is -22.2. The first kappa shape index (κ1) is 63.7. The number of carbonyl (C=O) groups is 3. The van der Waals surface area contributed by atoms with Crippen LogP contribution in [0.4, 0.5) is 0 Å². The molecule has 0 saturated carbocycles. The minimum Gasteiger partial charge on any atom is -0.502 e. The Morgan fingerprint density at radius 2 is 0.667 bits per heavy atom. The molecule has 15 heterocycles. The van der Waals surface area contributed by atoms with Gasteiger partial charge in [0.15, 0.2) is 107 Å². The van der Waals surface area contributed by atoms with Crippen LogP contribution in [-0.4, -0.2) is 258 Å². The van der Waals surface area contributed by atoms with Gasteiger partial charge >= 0.3 is 17.9 Å². The molecule has 3 aromatic heterocycles. The summed E-state index contributed by atoms with van der Waals surface area (Å²) < 4.78 is 397. The summed E-state index contributed by atoms with van der Waals surface area (Å²) in [5.74, 6) is -26.7. The first-order valence-electron chi connectivity index (χ1n) is 57.1. The van der Waals surface area contributed by atoms with Crippen molar-refractivity contribution in [3.8, 4) is 86.2 Å². The molecule has 0 amide bonds. The average molecular weight is 2000 g/mol. The molecular weight excluding hydrogens is 1870 g/mol. The van der Waals surface area contributed by atoms with E-state index in [1.54, 1.807) is 52.5 Å². The van der Waals surface area contributed by atoms with Crippen molar-refractivity contribution in [2.24, 2.45) is 35.5 Å². The van der Waals surface area contributed by atoms with Crippen molar-refractivity contribution in [2.45, 2.75) is 147 Å². The molecule has 0 unspecified atom stereocenters. The summed E-state index contributed by atoms with van der Waals surface area (Å²) in [5.41, 5.74) is -1.04. The number of phenols is 3. The average Bonchev–Trinajstić information content (AvgIpc) is 1.49. The van der Waals surface area contributed by atoms with Crippen molar-refractivity contribution in [3.05, 3.63) is 190 Å². The van der Waals surface area contributed by atoms with E-state index < -0.39 is 328 Å². The number of cyclic esters (lactones) is 3. The van der Waals surface area contributed by atoms with Crippen LogP contribution >= 0.6 is 34.0 Å². The molecule has 39 nitrogen and oxygen atoms in total. The van der Waals surface area contributed by atoms with E-state index >= 15 is 0 Å². The summed E-state index contributed by atoms with van der Waals surface area (Å²) in [6.07, 6.45) is -35.3. The van der Waals surface area contributed by atoms with E-state index in [1.165, 1.54) is 90.7 Å². The second-order valence-electron chi connectivity index (χ2n) is 33.0. The molecule has 24 rings (SSSR count). The van der Waals surface area contributed by atoms with E-state index in [-0.39, 0.29) is 96.1 Å². The smallest absolute Gasteiger partial charge is 0.310 e. The summed E-state index contributed by atoms with van der Waals surface area (Å²) >= 11 is 3.63. The van der Waals surface area contributed by atoms with Gasteiger partial charge in [-0.05, 0) is 157 Å². The zero-order valence-electron chi connectivity index (χ0n) is 100. The molecule has 9 aromatic rings. The maximum absolute atomic E-state index is 13.9. The highest BCUT2D eigenvalue weighted by molar-refractivity contribution is 7.10. The van der Waals surface area contributed by atoms with Crippen LogP contribution in [0.5, 0.6) is 86.2 Å². The Labute approximate surface area is 839 Å². The van der Waals surface area contributed by atoms with Crippen LogP contribution in [0.1, 0.15) is 161 Å². The number of thiophene rings is 3. The molecule has 3 aliphatic carbocycles. The number of benzene rings is 6. The van der Waals surface area contributed by atoms with Gasteiger partial charge in [-0.15, -0.1) is 34.0 Å². The Morgan fingerprint density at radius 1 is 0.355 bits per heavy atom. The first-order valence-corrected chi connectivity index (χ1v) is 44.7. The number of esters is 3. The quantitative estimate of drug-likeness (QED) is 0.0288. The lowest BCUT2D eigenvalue weighted by atomic mass is 9.66. The lowest BCUT2D eigenvalue weighted by Gasteiger charge is -2.48. The minimum absolute atomic E-state index is 0.0199. The second-order valence-corrected chi connectivity index (χ2v) is 36.0. The molecule has 732 valence electrons. The van der Waals surface area contributed by atoms with Gasteiger partial charge in [0.05, 0.1) is 163 Å². The van der Waals surface area contributed by atoms with Crippen LogP contribution in [-0.2, 0) is 85.4 Å². The van der Waals surface area contributed by atoms with Gasteiger partial charge in [-0.3, -0.25) is 14.4 Å². The van der Waals surface area contributed by atoms with Crippen molar-refractivity contribution >= 4 is 51.9 Å².